The second-order valence-electron chi connectivity index (χ2n) is 6.15. The molecule has 3 heterocycles. The highest BCUT2D eigenvalue weighted by atomic mass is 79.9. The van der Waals surface area contributed by atoms with E-state index in [4.69, 9.17) is 4.74 Å². The minimum Gasteiger partial charge on any atom is -0.480 e. The Morgan fingerprint density at radius 3 is 2.71 bits per heavy atom. The molecule has 2 fully saturated rings. The molecule has 0 bridgehead atoms. The number of halogens is 1. The quantitative estimate of drug-likeness (QED) is 0.753. The third kappa shape index (κ3) is 4.33. The van der Waals surface area contributed by atoms with Crippen LogP contribution in [-0.4, -0.2) is 65.6 Å². The fourth-order valence-electron chi connectivity index (χ4n) is 3.16. The van der Waals surface area contributed by atoms with Gasteiger partial charge in [0, 0.05) is 44.1 Å². The van der Waals surface area contributed by atoms with Gasteiger partial charge in [-0.25, -0.2) is 4.98 Å². The summed E-state index contributed by atoms with van der Waals surface area (Å²) in [6.07, 6.45) is 4.43. The fraction of sp³-hybridized carbons (Fsp3) is 0.688. The molecule has 24 heavy (non-hydrogen) atoms. The zero-order valence-electron chi connectivity index (χ0n) is 13.9. The van der Waals surface area contributed by atoms with Crippen LogP contribution in [0.5, 0.6) is 5.88 Å². The maximum absolute atomic E-state index is 12.4. The van der Waals surface area contributed by atoms with Gasteiger partial charge >= 0.3 is 0 Å². The minimum absolute atomic E-state index is 0.329. The van der Waals surface area contributed by atoms with Gasteiger partial charge in [-0.15, -0.1) is 0 Å². The number of hydrogen-bond donors (Lipinski definition) is 0. The molecule has 2 saturated heterocycles. The maximum atomic E-state index is 12.4. The summed E-state index contributed by atoms with van der Waals surface area (Å²) < 4.78 is 6.00. The molecule has 0 radical (unpaired) electrons. The van der Waals surface area contributed by atoms with Gasteiger partial charge in [-0.1, -0.05) is 0 Å². The number of amides is 1. The van der Waals surface area contributed by atoms with Gasteiger partial charge in [-0.3, -0.25) is 4.79 Å². The van der Waals surface area contributed by atoms with Crippen LogP contribution in [0.4, 0.5) is 5.95 Å². The molecule has 0 unspecified atom stereocenters. The van der Waals surface area contributed by atoms with Gasteiger partial charge in [0.05, 0.1) is 17.8 Å². The van der Waals surface area contributed by atoms with E-state index in [1.54, 1.807) is 13.3 Å². The Labute approximate surface area is 155 Å². The van der Waals surface area contributed by atoms with Crippen molar-refractivity contribution in [2.24, 2.45) is 5.92 Å². The molecule has 8 heteroatoms. The predicted molar refractivity (Wildman–Crippen MR) is 99.7 cm³/mol. The summed E-state index contributed by atoms with van der Waals surface area (Å²) in [6.45, 7) is 3.60. The number of ether oxygens (including phenoxy) is 1. The van der Waals surface area contributed by atoms with E-state index >= 15 is 0 Å². The lowest BCUT2D eigenvalue weighted by Gasteiger charge is -2.33. The van der Waals surface area contributed by atoms with E-state index in [0.717, 1.165) is 55.0 Å². The van der Waals surface area contributed by atoms with Gasteiger partial charge in [0.1, 0.15) is 0 Å². The van der Waals surface area contributed by atoms with Crippen molar-refractivity contribution in [2.75, 3.05) is 49.7 Å². The van der Waals surface area contributed by atoms with Crippen LogP contribution in [0, 0.1) is 5.92 Å². The number of carbonyl (C=O) groups excluding carboxylic acids is 1. The van der Waals surface area contributed by atoms with Gasteiger partial charge in [-0.05, 0) is 34.7 Å². The van der Waals surface area contributed by atoms with Crippen LogP contribution in [0.2, 0.25) is 0 Å². The maximum Gasteiger partial charge on any atom is 0.232 e. The van der Waals surface area contributed by atoms with Crippen LogP contribution in [0.15, 0.2) is 10.7 Å². The first-order chi connectivity index (χ1) is 11.7. The Morgan fingerprint density at radius 2 is 2.04 bits per heavy atom. The van der Waals surface area contributed by atoms with Gasteiger partial charge in [0.15, 0.2) is 0 Å². The molecular formula is C16H23BrN4O2S. The number of hydrogen-bond acceptors (Lipinski definition) is 6. The number of piperidine rings is 1. The molecule has 132 valence electrons. The summed E-state index contributed by atoms with van der Waals surface area (Å²) in [4.78, 5) is 25.4. The highest BCUT2D eigenvalue weighted by Crippen LogP contribution is 2.27. The van der Waals surface area contributed by atoms with Crippen molar-refractivity contribution in [3.63, 3.8) is 0 Å². The van der Waals surface area contributed by atoms with Crippen molar-refractivity contribution >= 4 is 39.5 Å². The first-order valence-electron chi connectivity index (χ1n) is 8.34. The molecule has 0 saturated carbocycles. The van der Waals surface area contributed by atoms with Gasteiger partial charge in [-0.2, -0.15) is 16.7 Å². The number of thioether (sulfide) groups is 1. The van der Waals surface area contributed by atoms with E-state index in [1.807, 2.05) is 16.7 Å². The zero-order valence-corrected chi connectivity index (χ0v) is 16.3. The summed E-state index contributed by atoms with van der Waals surface area (Å²) in [5.41, 5.74) is 0. The molecule has 1 aromatic heterocycles. The number of methoxy groups -OCH3 is 1. The van der Waals surface area contributed by atoms with Crippen LogP contribution in [-0.2, 0) is 4.79 Å². The van der Waals surface area contributed by atoms with E-state index in [9.17, 15) is 4.79 Å². The third-order valence-electron chi connectivity index (χ3n) is 4.62. The van der Waals surface area contributed by atoms with E-state index in [0.29, 0.717) is 30.1 Å². The lowest BCUT2D eigenvalue weighted by atomic mass is 9.93. The second kappa shape index (κ2) is 8.38. The second-order valence-corrected chi connectivity index (χ2v) is 8.23. The summed E-state index contributed by atoms with van der Waals surface area (Å²) >= 11 is 5.31. The number of rotatable bonds is 4. The van der Waals surface area contributed by atoms with E-state index in [-0.39, 0.29) is 0 Å². The Hall–Kier alpha value is -1.02. The van der Waals surface area contributed by atoms with Crippen molar-refractivity contribution in [3.8, 4) is 5.88 Å². The Kier molecular flexibility index (Phi) is 6.21. The Balaban J connectivity index is 1.51. The number of carbonyl (C=O) groups is 1. The van der Waals surface area contributed by atoms with Crippen molar-refractivity contribution in [3.05, 3.63) is 10.7 Å². The van der Waals surface area contributed by atoms with Crippen LogP contribution >= 0.6 is 27.7 Å². The SMILES string of the molecule is COc1nc(N2CCC(CC(=O)N3CCSCC3)CC2)ncc1Br. The Bertz CT molecular complexity index is 575. The van der Waals surface area contributed by atoms with E-state index in [1.165, 1.54) is 0 Å². The fourth-order valence-corrected chi connectivity index (χ4v) is 4.42. The van der Waals surface area contributed by atoms with Crippen molar-refractivity contribution in [1.82, 2.24) is 14.9 Å². The first kappa shape index (κ1) is 17.8. The van der Waals surface area contributed by atoms with Crippen LogP contribution in [0.3, 0.4) is 0 Å². The van der Waals surface area contributed by atoms with Gasteiger partial charge in [0.2, 0.25) is 17.7 Å². The van der Waals surface area contributed by atoms with Crippen LogP contribution in [0.1, 0.15) is 19.3 Å². The topological polar surface area (TPSA) is 58.6 Å². The largest absolute Gasteiger partial charge is 0.480 e. The Morgan fingerprint density at radius 1 is 1.33 bits per heavy atom. The average molecular weight is 415 g/mol. The molecule has 0 N–H and O–H groups in total. The predicted octanol–water partition coefficient (Wildman–Crippen LogP) is 2.43. The van der Waals surface area contributed by atoms with Crippen molar-refractivity contribution in [1.29, 1.82) is 0 Å². The van der Waals surface area contributed by atoms with E-state index in [2.05, 4.69) is 30.8 Å². The normalized spacial score (nSPS) is 19.4. The molecule has 0 atom stereocenters. The highest BCUT2D eigenvalue weighted by molar-refractivity contribution is 9.10. The monoisotopic (exact) mass is 414 g/mol. The molecule has 1 aromatic rings. The molecule has 1 amide bonds. The number of aromatic nitrogens is 2. The minimum atomic E-state index is 0.329. The molecule has 6 nitrogen and oxygen atoms in total. The summed E-state index contributed by atoms with van der Waals surface area (Å²) in [7, 11) is 1.60. The molecule has 2 aliphatic rings. The standard InChI is InChI=1S/C16H23BrN4O2S/c1-23-15-13(17)11-18-16(19-15)21-4-2-12(3-5-21)10-14(22)20-6-8-24-9-7-20/h11-12H,2-10H2,1H3. The molecule has 2 aliphatic heterocycles. The number of nitrogens with zero attached hydrogens (tertiary/aromatic N) is 4. The average Bonchev–Trinajstić information content (AvgIpc) is 2.63. The van der Waals surface area contributed by atoms with Gasteiger partial charge in [0.25, 0.3) is 0 Å². The molecule has 0 spiro atoms. The van der Waals surface area contributed by atoms with Gasteiger partial charge < -0.3 is 14.5 Å². The summed E-state index contributed by atoms with van der Waals surface area (Å²) in [5, 5.41) is 0. The number of anilines is 1. The van der Waals surface area contributed by atoms with Crippen LogP contribution < -0.4 is 9.64 Å². The smallest absolute Gasteiger partial charge is 0.232 e. The van der Waals surface area contributed by atoms with Crippen molar-refractivity contribution < 1.29 is 9.53 Å². The summed E-state index contributed by atoms with van der Waals surface area (Å²) in [5.74, 6) is 4.21. The van der Waals surface area contributed by atoms with Crippen molar-refractivity contribution in [2.45, 2.75) is 19.3 Å². The van der Waals surface area contributed by atoms with Crippen LogP contribution in [0.25, 0.3) is 0 Å². The molecular weight excluding hydrogens is 392 g/mol. The highest BCUT2D eigenvalue weighted by Gasteiger charge is 2.26. The molecule has 0 aromatic carbocycles. The zero-order chi connectivity index (χ0) is 16.9. The summed E-state index contributed by atoms with van der Waals surface area (Å²) in [6, 6.07) is 0. The van der Waals surface area contributed by atoms with E-state index < -0.39 is 0 Å². The lowest BCUT2D eigenvalue weighted by molar-refractivity contribution is -0.132. The first-order valence-corrected chi connectivity index (χ1v) is 10.3. The molecule has 0 aliphatic carbocycles. The third-order valence-corrected chi connectivity index (χ3v) is 6.10. The lowest BCUT2D eigenvalue weighted by Crippen LogP contribution is -2.41. The molecule has 3 rings (SSSR count).